The van der Waals surface area contributed by atoms with E-state index in [0.717, 1.165) is 43.9 Å². The molecule has 1 nitrogen and oxygen atoms in total. The van der Waals surface area contributed by atoms with E-state index in [1.807, 2.05) is 6.08 Å². The molecular weight excluding hydrogens is 486 g/mol. The lowest BCUT2D eigenvalue weighted by molar-refractivity contribution is 0.174. The van der Waals surface area contributed by atoms with Crippen LogP contribution in [-0.2, 0) is 0 Å². The number of benzene rings is 1. The highest BCUT2D eigenvalue weighted by atomic mass is 19.2. The van der Waals surface area contributed by atoms with E-state index in [0.29, 0.717) is 29.9 Å². The summed E-state index contributed by atoms with van der Waals surface area (Å²) < 4.78 is 35.8. The number of unbranched alkanes of at least 4 members (excludes halogenated alkanes) is 2. The van der Waals surface area contributed by atoms with E-state index in [1.54, 1.807) is 12.1 Å². The second kappa shape index (κ2) is 15.8. The van der Waals surface area contributed by atoms with Gasteiger partial charge in [-0.25, -0.2) is 4.39 Å². The van der Waals surface area contributed by atoms with Crippen molar-refractivity contribution in [2.24, 2.45) is 29.6 Å². The fourth-order valence-corrected chi connectivity index (χ4v) is 7.11. The SMILES string of the molecule is C=CCCC1CCC(COc2ccc(C3C=CC(C=CC4CCC(CCCCC)CC4)CC3)c(F)c2F)CC1. The van der Waals surface area contributed by atoms with Gasteiger partial charge in [0.2, 0.25) is 5.82 Å². The molecule has 0 saturated heterocycles. The van der Waals surface area contributed by atoms with Crippen LogP contribution >= 0.6 is 0 Å². The average molecular weight is 539 g/mol. The molecule has 0 spiro atoms. The molecule has 2 saturated carbocycles. The van der Waals surface area contributed by atoms with E-state index >= 15 is 4.39 Å². The first-order valence-corrected chi connectivity index (χ1v) is 16.2. The van der Waals surface area contributed by atoms with Crippen LogP contribution in [0.4, 0.5) is 8.78 Å². The largest absolute Gasteiger partial charge is 0.490 e. The molecule has 1 aromatic rings. The smallest absolute Gasteiger partial charge is 0.200 e. The molecule has 3 aliphatic rings. The summed E-state index contributed by atoms with van der Waals surface area (Å²) in [4.78, 5) is 0. The molecule has 39 heavy (non-hydrogen) atoms. The highest BCUT2D eigenvalue weighted by Crippen LogP contribution is 2.37. The van der Waals surface area contributed by atoms with Crippen molar-refractivity contribution in [1.82, 2.24) is 0 Å². The topological polar surface area (TPSA) is 9.23 Å². The van der Waals surface area contributed by atoms with Crippen LogP contribution in [0.15, 0.2) is 49.1 Å². The number of ether oxygens (including phenoxy) is 1. The molecule has 0 aliphatic heterocycles. The highest BCUT2D eigenvalue weighted by Gasteiger charge is 2.25. The standard InChI is InChI=1S/C36H52F2O/c1-3-5-7-9-28-10-12-29(13-11-28)14-15-30-20-22-32(23-21-30)33-24-25-34(36(38)35(33)37)39-26-31-18-16-27(17-19-31)8-6-4-2/h4,14-15,20,22,24-25,27-32H,2-3,5-13,16-19,21,23,26H2,1H3. The van der Waals surface area contributed by atoms with Crippen molar-refractivity contribution in [3.8, 4) is 5.75 Å². The normalized spacial score (nSPS) is 29.5. The van der Waals surface area contributed by atoms with Gasteiger partial charge in [0.1, 0.15) is 0 Å². The second-order valence-corrected chi connectivity index (χ2v) is 12.7. The van der Waals surface area contributed by atoms with Gasteiger partial charge in [-0.1, -0.05) is 81.9 Å². The summed E-state index contributed by atoms with van der Waals surface area (Å²) in [6.45, 7) is 6.57. The van der Waals surface area contributed by atoms with Crippen LogP contribution in [0, 0.1) is 41.2 Å². The van der Waals surface area contributed by atoms with Crippen LogP contribution in [0.1, 0.15) is 121 Å². The van der Waals surface area contributed by atoms with E-state index in [9.17, 15) is 4.39 Å². The van der Waals surface area contributed by atoms with E-state index in [4.69, 9.17) is 4.74 Å². The van der Waals surface area contributed by atoms with E-state index in [-0.39, 0.29) is 11.7 Å². The van der Waals surface area contributed by atoms with Gasteiger partial charge >= 0.3 is 0 Å². The molecule has 216 valence electrons. The second-order valence-electron chi connectivity index (χ2n) is 12.7. The lowest BCUT2D eigenvalue weighted by Gasteiger charge is -2.28. The van der Waals surface area contributed by atoms with Gasteiger partial charge in [-0.2, -0.15) is 4.39 Å². The Bertz CT molecular complexity index is 934. The molecule has 3 aliphatic carbocycles. The molecule has 0 bridgehead atoms. The maximum Gasteiger partial charge on any atom is 0.200 e. The van der Waals surface area contributed by atoms with E-state index in [1.165, 1.54) is 70.6 Å². The zero-order valence-electron chi connectivity index (χ0n) is 24.4. The third kappa shape index (κ3) is 9.05. The Balaban J connectivity index is 1.22. The summed E-state index contributed by atoms with van der Waals surface area (Å²) in [5.74, 6) is 1.69. The number of halogens is 2. The van der Waals surface area contributed by atoms with Crippen molar-refractivity contribution in [2.75, 3.05) is 6.61 Å². The van der Waals surface area contributed by atoms with Gasteiger partial charge in [0.25, 0.3) is 0 Å². The van der Waals surface area contributed by atoms with Crippen molar-refractivity contribution < 1.29 is 13.5 Å². The van der Waals surface area contributed by atoms with Crippen LogP contribution in [0.25, 0.3) is 0 Å². The number of rotatable bonds is 13. The molecule has 0 radical (unpaired) electrons. The minimum absolute atomic E-state index is 0.0608. The fourth-order valence-electron chi connectivity index (χ4n) is 7.11. The quantitative estimate of drug-likeness (QED) is 0.179. The molecule has 0 amide bonds. The first-order valence-electron chi connectivity index (χ1n) is 16.2. The van der Waals surface area contributed by atoms with E-state index in [2.05, 4.69) is 37.8 Å². The Kier molecular flexibility index (Phi) is 12.2. The third-order valence-corrected chi connectivity index (χ3v) is 9.84. The number of allylic oxidation sites excluding steroid dienone is 5. The Morgan fingerprint density at radius 2 is 1.51 bits per heavy atom. The molecule has 3 heteroatoms. The van der Waals surface area contributed by atoms with Crippen LogP contribution in [0.2, 0.25) is 0 Å². The Hall–Kier alpha value is -1.90. The van der Waals surface area contributed by atoms with E-state index < -0.39 is 11.6 Å². The van der Waals surface area contributed by atoms with Gasteiger partial charge in [-0.3, -0.25) is 0 Å². The molecule has 2 unspecified atom stereocenters. The minimum Gasteiger partial charge on any atom is -0.490 e. The van der Waals surface area contributed by atoms with Crippen molar-refractivity contribution in [1.29, 1.82) is 0 Å². The van der Waals surface area contributed by atoms with Crippen LogP contribution in [0.3, 0.4) is 0 Å². The zero-order valence-corrected chi connectivity index (χ0v) is 24.4. The predicted octanol–water partition coefficient (Wildman–Crippen LogP) is 11.1. The Morgan fingerprint density at radius 3 is 2.21 bits per heavy atom. The minimum atomic E-state index is -0.826. The van der Waals surface area contributed by atoms with Gasteiger partial charge in [0, 0.05) is 5.92 Å². The van der Waals surface area contributed by atoms with Crippen LogP contribution in [0.5, 0.6) is 5.75 Å². The van der Waals surface area contributed by atoms with Crippen LogP contribution < -0.4 is 4.74 Å². The fraction of sp³-hybridized carbons (Fsp3) is 0.667. The summed E-state index contributed by atoms with van der Waals surface area (Å²) in [5.41, 5.74) is 0.461. The number of hydrogen-bond donors (Lipinski definition) is 0. The maximum atomic E-state index is 15.1. The van der Waals surface area contributed by atoms with Gasteiger partial charge in [-0.15, -0.1) is 6.58 Å². The lowest BCUT2D eigenvalue weighted by Crippen LogP contribution is -2.20. The Labute approximate surface area is 237 Å². The summed E-state index contributed by atoms with van der Waals surface area (Å²) in [7, 11) is 0. The summed E-state index contributed by atoms with van der Waals surface area (Å²) in [6, 6.07) is 3.38. The van der Waals surface area contributed by atoms with Crippen molar-refractivity contribution >= 4 is 0 Å². The molecule has 1 aromatic carbocycles. The molecule has 0 N–H and O–H groups in total. The van der Waals surface area contributed by atoms with Crippen LogP contribution in [-0.4, -0.2) is 6.61 Å². The summed E-state index contributed by atoms with van der Waals surface area (Å²) in [6.07, 6.45) is 30.7. The Morgan fingerprint density at radius 1 is 0.795 bits per heavy atom. The molecule has 0 heterocycles. The average Bonchev–Trinajstić information content (AvgIpc) is 2.97. The molecule has 4 rings (SSSR count). The van der Waals surface area contributed by atoms with Gasteiger partial charge in [0.15, 0.2) is 11.6 Å². The zero-order chi connectivity index (χ0) is 27.5. The highest BCUT2D eigenvalue weighted by molar-refractivity contribution is 5.35. The number of hydrogen-bond acceptors (Lipinski definition) is 1. The van der Waals surface area contributed by atoms with Crippen molar-refractivity contribution in [3.05, 3.63) is 66.3 Å². The van der Waals surface area contributed by atoms with Crippen molar-refractivity contribution in [2.45, 2.75) is 116 Å². The first-order chi connectivity index (χ1) is 19.1. The van der Waals surface area contributed by atoms with Gasteiger partial charge in [0.05, 0.1) is 6.61 Å². The monoisotopic (exact) mass is 538 g/mol. The molecule has 2 atom stereocenters. The molecular formula is C36H52F2O. The molecule has 2 fully saturated rings. The van der Waals surface area contributed by atoms with Gasteiger partial charge < -0.3 is 4.74 Å². The summed E-state index contributed by atoms with van der Waals surface area (Å²) >= 11 is 0. The maximum absolute atomic E-state index is 15.1. The van der Waals surface area contributed by atoms with Crippen molar-refractivity contribution in [3.63, 3.8) is 0 Å². The third-order valence-electron chi connectivity index (χ3n) is 9.84. The molecule has 0 aromatic heterocycles. The predicted molar refractivity (Wildman–Crippen MR) is 160 cm³/mol. The lowest BCUT2D eigenvalue weighted by atomic mass is 9.78. The first kappa shape index (κ1) is 30.1. The van der Waals surface area contributed by atoms with Gasteiger partial charge in [-0.05, 0) is 105 Å². The summed E-state index contributed by atoms with van der Waals surface area (Å²) in [5, 5.41) is 0.